The van der Waals surface area contributed by atoms with E-state index in [1.165, 1.54) is 12.1 Å². The molecular formula is C21H24FN3O3. The van der Waals surface area contributed by atoms with Gasteiger partial charge in [0.15, 0.2) is 0 Å². The second-order valence-corrected chi connectivity index (χ2v) is 7.41. The van der Waals surface area contributed by atoms with E-state index in [1.807, 2.05) is 12.1 Å². The van der Waals surface area contributed by atoms with Gasteiger partial charge in [-0.1, -0.05) is 6.07 Å². The molecule has 2 aromatic rings. The molecule has 0 bridgehead atoms. The third-order valence-electron chi connectivity index (χ3n) is 5.44. The third kappa shape index (κ3) is 3.86. The number of morpholine rings is 1. The predicted octanol–water partition coefficient (Wildman–Crippen LogP) is 2.63. The van der Waals surface area contributed by atoms with Gasteiger partial charge in [-0.3, -0.25) is 9.69 Å². The van der Waals surface area contributed by atoms with Crippen LogP contribution in [0.4, 0.5) is 10.1 Å². The summed E-state index contributed by atoms with van der Waals surface area (Å²) in [5.41, 5.74) is 1.32. The zero-order valence-corrected chi connectivity index (χ0v) is 15.9. The fourth-order valence-electron chi connectivity index (χ4n) is 4.11. The molecular weight excluding hydrogens is 361 g/mol. The van der Waals surface area contributed by atoms with Crippen molar-refractivity contribution >= 4 is 11.6 Å². The molecule has 7 heteroatoms. The Morgan fingerprint density at radius 3 is 2.86 bits per heavy atom. The average molecular weight is 385 g/mol. The van der Waals surface area contributed by atoms with E-state index in [4.69, 9.17) is 9.47 Å². The first-order chi connectivity index (χ1) is 13.6. The number of hydrogen-bond donors (Lipinski definition) is 0. The van der Waals surface area contributed by atoms with Crippen molar-refractivity contribution in [2.24, 2.45) is 0 Å². The van der Waals surface area contributed by atoms with E-state index in [-0.39, 0.29) is 18.3 Å². The SMILES string of the molecule is COc1ncccc1CN1CCCC2(C1)CN(c1ccc(F)cc1)C(=O)CO2. The smallest absolute Gasteiger partial charge is 0.253 e. The third-order valence-corrected chi connectivity index (χ3v) is 5.44. The molecule has 1 aromatic carbocycles. The number of piperidine rings is 1. The number of amides is 1. The maximum atomic E-state index is 13.3. The van der Waals surface area contributed by atoms with Crippen LogP contribution in [-0.2, 0) is 16.1 Å². The van der Waals surface area contributed by atoms with E-state index < -0.39 is 5.60 Å². The average Bonchev–Trinajstić information content (AvgIpc) is 2.71. The summed E-state index contributed by atoms with van der Waals surface area (Å²) in [6.45, 7) is 2.90. The molecule has 1 aromatic heterocycles. The van der Waals surface area contributed by atoms with Crippen LogP contribution in [0.15, 0.2) is 42.6 Å². The largest absolute Gasteiger partial charge is 0.481 e. The minimum atomic E-state index is -0.421. The highest BCUT2D eigenvalue weighted by Crippen LogP contribution is 2.33. The summed E-state index contributed by atoms with van der Waals surface area (Å²) in [4.78, 5) is 20.7. The maximum Gasteiger partial charge on any atom is 0.253 e. The highest BCUT2D eigenvalue weighted by Gasteiger charge is 2.43. The quantitative estimate of drug-likeness (QED) is 0.810. The Hall–Kier alpha value is -2.51. The Labute approximate surface area is 163 Å². The number of aromatic nitrogens is 1. The number of ether oxygens (including phenoxy) is 2. The minimum absolute atomic E-state index is 0.0431. The number of carbonyl (C=O) groups excluding carboxylic acids is 1. The lowest BCUT2D eigenvalue weighted by molar-refractivity contribution is -0.146. The fourth-order valence-corrected chi connectivity index (χ4v) is 4.11. The summed E-state index contributed by atoms with van der Waals surface area (Å²) >= 11 is 0. The van der Waals surface area contributed by atoms with Gasteiger partial charge in [0.2, 0.25) is 5.88 Å². The molecule has 3 heterocycles. The summed E-state index contributed by atoms with van der Waals surface area (Å²) < 4.78 is 24.7. The lowest BCUT2D eigenvalue weighted by Crippen LogP contribution is -2.61. The van der Waals surface area contributed by atoms with Crippen molar-refractivity contribution < 1.29 is 18.7 Å². The second kappa shape index (κ2) is 7.85. The number of anilines is 1. The van der Waals surface area contributed by atoms with Gasteiger partial charge in [-0.25, -0.2) is 9.37 Å². The van der Waals surface area contributed by atoms with E-state index in [1.54, 1.807) is 30.3 Å². The van der Waals surface area contributed by atoms with Crippen molar-refractivity contribution in [3.05, 3.63) is 54.0 Å². The number of benzene rings is 1. The summed E-state index contributed by atoms with van der Waals surface area (Å²) in [5.74, 6) is 0.228. The van der Waals surface area contributed by atoms with Crippen LogP contribution in [0, 0.1) is 5.82 Å². The number of methoxy groups -OCH3 is 1. The summed E-state index contributed by atoms with van der Waals surface area (Å²) in [6, 6.07) is 9.98. The van der Waals surface area contributed by atoms with Crippen LogP contribution in [0.25, 0.3) is 0 Å². The molecule has 0 saturated carbocycles. The van der Waals surface area contributed by atoms with Crippen LogP contribution < -0.4 is 9.64 Å². The Bertz CT molecular complexity index is 845. The molecule has 6 nitrogen and oxygen atoms in total. The summed E-state index contributed by atoms with van der Waals surface area (Å²) in [6.07, 6.45) is 3.59. The van der Waals surface area contributed by atoms with Gasteiger partial charge >= 0.3 is 0 Å². The number of pyridine rings is 1. The highest BCUT2D eigenvalue weighted by molar-refractivity contribution is 5.95. The number of rotatable bonds is 4. The summed E-state index contributed by atoms with van der Waals surface area (Å²) in [7, 11) is 1.62. The molecule has 2 aliphatic rings. The van der Waals surface area contributed by atoms with E-state index in [2.05, 4.69) is 9.88 Å². The number of nitrogens with zero attached hydrogens (tertiary/aromatic N) is 3. The van der Waals surface area contributed by atoms with Gasteiger partial charge < -0.3 is 14.4 Å². The van der Waals surface area contributed by atoms with Gasteiger partial charge in [-0.2, -0.15) is 0 Å². The molecule has 0 aliphatic carbocycles. The lowest BCUT2D eigenvalue weighted by atomic mass is 9.90. The van der Waals surface area contributed by atoms with E-state index in [0.717, 1.165) is 31.5 Å². The van der Waals surface area contributed by atoms with Gasteiger partial charge in [0.1, 0.15) is 12.4 Å². The Morgan fingerprint density at radius 2 is 2.07 bits per heavy atom. The Kier molecular flexibility index (Phi) is 5.28. The standard InChI is InChI=1S/C21H24FN3O3/c1-27-20-16(4-2-10-23-20)12-24-11-3-9-21(14-24)15-25(19(26)13-28-21)18-7-5-17(22)6-8-18/h2,4-8,10H,3,9,11-15H2,1H3. The molecule has 2 fully saturated rings. The van der Waals surface area contributed by atoms with Gasteiger partial charge in [0.25, 0.3) is 5.91 Å². The predicted molar refractivity (Wildman–Crippen MR) is 103 cm³/mol. The molecule has 1 amide bonds. The molecule has 0 N–H and O–H groups in total. The van der Waals surface area contributed by atoms with Crippen molar-refractivity contribution in [2.45, 2.75) is 25.0 Å². The van der Waals surface area contributed by atoms with E-state index >= 15 is 0 Å². The van der Waals surface area contributed by atoms with Crippen LogP contribution in [-0.4, -0.2) is 54.7 Å². The molecule has 2 aliphatic heterocycles. The minimum Gasteiger partial charge on any atom is -0.481 e. The number of hydrogen-bond acceptors (Lipinski definition) is 5. The molecule has 1 spiro atoms. The van der Waals surface area contributed by atoms with Crippen molar-refractivity contribution in [1.82, 2.24) is 9.88 Å². The van der Waals surface area contributed by atoms with Crippen molar-refractivity contribution in [3.8, 4) is 5.88 Å². The molecule has 0 radical (unpaired) electrons. The molecule has 4 rings (SSSR count). The Morgan fingerprint density at radius 1 is 1.25 bits per heavy atom. The maximum absolute atomic E-state index is 13.3. The molecule has 148 valence electrons. The van der Waals surface area contributed by atoms with Gasteiger partial charge in [0, 0.05) is 30.5 Å². The Balaban J connectivity index is 1.50. The summed E-state index contributed by atoms with van der Waals surface area (Å²) in [5, 5.41) is 0. The lowest BCUT2D eigenvalue weighted by Gasteiger charge is -2.47. The second-order valence-electron chi connectivity index (χ2n) is 7.41. The van der Waals surface area contributed by atoms with Crippen molar-refractivity contribution in [2.75, 3.05) is 38.3 Å². The number of likely N-dealkylation sites (tertiary alicyclic amines) is 1. The van der Waals surface area contributed by atoms with E-state index in [9.17, 15) is 9.18 Å². The first-order valence-corrected chi connectivity index (χ1v) is 9.49. The van der Waals surface area contributed by atoms with Crippen molar-refractivity contribution in [1.29, 1.82) is 0 Å². The van der Waals surface area contributed by atoms with Crippen molar-refractivity contribution in [3.63, 3.8) is 0 Å². The normalized spacial score (nSPS) is 23.2. The van der Waals surface area contributed by atoms with Crippen LogP contribution in [0.5, 0.6) is 5.88 Å². The highest BCUT2D eigenvalue weighted by atomic mass is 19.1. The molecule has 1 atom stereocenters. The zero-order chi connectivity index (χ0) is 19.6. The van der Waals surface area contributed by atoms with Crippen LogP contribution in [0.1, 0.15) is 18.4 Å². The first kappa shape index (κ1) is 18.8. The van der Waals surface area contributed by atoms with Crippen LogP contribution in [0.2, 0.25) is 0 Å². The molecule has 1 unspecified atom stereocenters. The molecule has 28 heavy (non-hydrogen) atoms. The van der Waals surface area contributed by atoms with Crippen LogP contribution in [0.3, 0.4) is 0 Å². The van der Waals surface area contributed by atoms with Gasteiger partial charge in [-0.15, -0.1) is 0 Å². The van der Waals surface area contributed by atoms with Gasteiger partial charge in [-0.05, 0) is 49.7 Å². The fraction of sp³-hybridized carbons (Fsp3) is 0.429. The monoisotopic (exact) mass is 385 g/mol. The number of carbonyl (C=O) groups is 1. The van der Waals surface area contributed by atoms with E-state index in [0.29, 0.717) is 24.7 Å². The topological polar surface area (TPSA) is 54.9 Å². The first-order valence-electron chi connectivity index (χ1n) is 9.49. The van der Waals surface area contributed by atoms with Gasteiger partial charge in [0.05, 0.1) is 19.3 Å². The zero-order valence-electron chi connectivity index (χ0n) is 15.9. The number of halogens is 1. The van der Waals surface area contributed by atoms with Crippen LogP contribution >= 0.6 is 0 Å². The molecule has 2 saturated heterocycles.